The van der Waals surface area contributed by atoms with E-state index in [4.69, 9.17) is 5.11 Å². The molecule has 1 aliphatic heterocycles. The monoisotopic (exact) mass is 275 g/mol. The van der Waals surface area contributed by atoms with Gasteiger partial charge in [-0.2, -0.15) is 0 Å². The first-order chi connectivity index (χ1) is 9.66. The van der Waals surface area contributed by atoms with Gasteiger partial charge in [0.05, 0.1) is 6.42 Å². The standard InChI is InChI=1S/C16H21NO3/c18-15(12-13-6-2-1-3-7-13)17-11-5-4-8-14(17)9-10-16(19)20/h1-3,6-7,14H,4-5,8-12H2,(H,19,20). The molecule has 1 atom stereocenters. The molecule has 108 valence electrons. The summed E-state index contributed by atoms with van der Waals surface area (Å²) in [5.41, 5.74) is 1.01. The Kier molecular flexibility index (Phi) is 5.16. The third kappa shape index (κ3) is 4.08. The van der Waals surface area contributed by atoms with E-state index in [1.807, 2.05) is 35.2 Å². The van der Waals surface area contributed by atoms with Crippen LogP contribution in [0, 0.1) is 0 Å². The highest BCUT2D eigenvalue weighted by atomic mass is 16.4. The first kappa shape index (κ1) is 14.6. The normalized spacial score (nSPS) is 18.8. The fraction of sp³-hybridized carbons (Fsp3) is 0.500. The minimum absolute atomic E-state index is 0.0936. The molecular weight excluding hydrogens is 254 g/mol. The summed E-state index contributed by atoms with van der Waals surface area (Å²) < 4.78 is 0. The molecule has 0 spiro atoms. The van der Waals surface area contributed by atoms with E-state index >= 15 is 0 Å². The van der Waals surface area contributed by atoms with E-state index in [9.17, 15) is 9.59 Å². The van der Waals surface area contributed by atoms with Crippen LogP contribution in [0.15, 0.2) is 30.3 Å². The Hall–Kier alpha value is -1.84. The van der Waals surface area contributed by atoms with Gasteiger partial charge in [-0.1, -0.05) is 30.3 Å². The fourth-order valence-electron chi connectivity index (χ4n) is 2.79. The van der Waals surface area contributed by atoms with Gasteiger partial charge in [-0.3, -0.25) is 9.59 Å². The van der Waals surface area contributed by atoms with Crippen molar-refractivity contribution in [3.8, 4) is 0 Å². The number of hydrogen-bond donors (Lipinski definition) is 1. The van der Waals surface area contributed by atoms with Gasteiger partial charge in [0, 0.05) is 19.0 Å². The molecule has 1 saturated heterocycles. The molecule has 2 rings (SSSR count). The van der Waals surface area contributed by atoms with Crippen LogP contribution >= 0.6 is 0 Å². The van der Waals surface area contributed by atoms with Gasteiger partial charge in [0.15, 0.2) is 0 Å². The maximum absolute atomic E-state index is 12.4. The predicted octanol–water partition coefficient (Wildman–Crippen LogP) is 2.48. The molecule has 0 saturated carbocycles. The summed E-state index contributed by atoms with van der Waals surface area (Å²) in [7, 11) is 0. The lowest BCUT2D eigenvalue weighted by molar-refractivity contribution is -0.139. The molecule has 20 heavy (non-hydrogen) atoms. The van der Waals surface area contributed by atoms with Crippen molar-refractivity contribution in [2.24, 2.45) is 0 Å². The van der Waals surface area contributed by atoms with E-state index < -0.39 is 5.97 Å². The van der Waals surface area contributed by atoms with Crippen LogP contribution in [0.5, 0.6) is 0 Å². The second-order valence-electron chi connectivity index (χ2n) is 5.33. The minimum Gasteiger partial charge on any atom is -0.481 e. The van der Waals surface area contributed by atoms with Gasteiger partial charge in [-0.25, -0.2) is 0 Å². The van der Waals surface area contributed by atoms with Gasteiger partial charge in [-0.15, -0.1) is 0 Å². The van der Waals surface area contributed by atoms with Gasteiger partial charge in [-0.05, 0) is 31.2 Å². The number of carboxylic acid groups (broad SMARTS) is 1. The van der Waals surface area contributed by atoms with Crippen LogP contribution in [0.1, 0.15) is 37.7 Å². The van der Waals surface area contributed by atoms with Crippen molar-refractivity contribution < 1.29 is 14.7 Å². The average molecular weight is 275 g/mol. The molecule has 1 unspecified atom stereocenters. The minimum atomic E-state index is -0.786. The lowest BCUT2D eigenvalue weighted by Crippen LogP contribution is -2.44. The topological polar surface area (TPSA) is 57.6 Å². The molecule has 1 amide bonds. The largest absolute Gasteiger partial charge is 0.481 e. The number of carbonyl (C=O) groups excluding carboxylic acids is 1. The molecule has 0 aromatic heterocycles. The van der Waals surface area contributed by atoms with E-state index in [1.54, 1.807) is 0 Å². The van der Waals surface area contributed by atoms with E-state index in [-0.39, 0.29) is 18.4 Å². The number of aliphatic carboxylic acids is 1. The lowest BCUT2D eigenvalue weighted by Gasteiger charge is -2.35. The number of likely N-dealkylation sites (tertiary alicyclic amines) is 1. The maximum atomic E-state index is 12.4. The van der Waals surface area contributed by atoms with Crippen molar-refractivity contribution in [1.29, 1.82) is 0 Å². The molecule has 1 aromatic carbocycles. The zero-order valence-corrected chi connectivity index (χ0v) is 11.6. The molecule has 0 aliphatic carbocycles. The number of piperidine rings is 1. The lowest BCUT2D eigenvalue weighted by atomic mass is 9.97. The molecule has 4 nitrogen and oxygen atoms in total. The Morgan fingerprint density at radius 3 is 2.65 bits per heavy atom. The summed E-state index contributed by atoms with van der Waals surface area (Å²) in [4.78, 5) is 25.0. The van der Waals surface area contributed by atoms with Crippen molar-refractivity contribution in [3.63, 3.8) is 0 Å². The molecule has 0 radical (unpaired) electrons. The van der Waals surface area contributed by atoms with Crippen LogP contribution in [-0.2, 0) is 16.0 Å². The zero-order valence-electron chi connectivity index (χ0n) is 11.6. The Morgan fingerprint density at radius 1 is 1.20 bits per heavy atom. The number of amides is 1. The smallest absolute Gasteiger partial charge is 0.303 e. The Balaban J connectivity index is 1.96. The number of hydrogen-bond acceptors (Lipinski definition) is 2. The maximum Gasteiger partial charge on any atom is 0.303 e. The molecule has 0 bridgehead atoms. The summed E-state index contributed by atoms with van der Waals surface area (Å²) in [5.74, 6) is -0.669. The van der Waals surface area contributed by atoms with Gasteiger partial charge in [0.1, 0.15) is 0 Å². The third-order valence-electron chi connectivity index (χ3n) is 3.84. The number of carboxylic acids is 1. The Labute approximate surface area is 119 Å². The van der Waals surface area contributed by atoms with Gasteiger partial charge in [0.25, 0.3) is 0 Å². The molecule has 1 fully saturated rings. The van der Waals surface area contributed by atoms with Gasteiger partial charge in [0.2, 0.25) is 5.91 Å². The summed E-state index contributed by atoms with van der Waals surface area (Å²) in [6.07, 6.45) is 4.14. The number of rotatable bonds is 5. The van der Waals surface area contributed by atoms with Crippen molar-refractivity contribution in [2.45, 2.75) is 44.6 Å². The third-order valence-corrected chi connectivity index (χ3v) is 3.84. The molecule has 1 heterocycles. The second-order valence-corrected chi connectivity index (χ2v) is 5.33. The summed E-state index contributed by atoms with van der Waals surface area (Å²) in [6.45, 7) is 0.760. The highest BCUT2D eigenvalue weighted by Crippen LogP contribution is 2.22. The Morgan fingerprint density at radius 2 is 1.95 bits per heavy atom. The molecule has 4 heteroatoms. The van der Waals surface area contributed by atoms with Crippen LogP contribution in [0.3, 0.4) is 0 Å². The summed E-state index contributed by atoms with van der Waals surface area (Å²) >= 11 is 0. The number of carbonyl (C=O) groups is 2. The highest BCUT2D eigenvalue weighted by molar-refractivity contribution is 5.79. The van der Waals surface area contributed by atoms with Crippen LogP contribution in [-0.4, -0.2) is 34.5 Å². The molecule has 1 aromatic rings. The van der Waals surface area contributed by atoms with E-state index in [2.05, 4.69) is 0 Å². The van der Waals surface area contributed by atoms with Crippen LogP contribution in [0.25, 0.3) is 0 Å². The van der Waals surface area contributed by atoms with Gasteiger partial charge < -0.3 is 10.0 Å². The van der Waals surface area contributed by atoms with E-state index in [0.717, 1.165) is 31.4 Å². The highest BCUT2D eigenvalue weighted by Gasteiger charge is 2.26. The van der Waals surface area contributed by atoms with Crippen molar-refractivity contribution >= 4 is 11.9 Å². The fourth-order valence-corrected chi connectivity index (χ4v) is 2.79. The predicted molar refractivity (Wildman–Crippen MR) is 76.4 cm³/mol. The number of nitrogens with zero attached hydrogens (tertiary/aromatic N) is 1. The first-order valence-corrected chi connectivity index (χ1v) is 7.22. The van der Waals surface area contributed by atoms with Crippen LogP contribution in [0.4, 0.5) is 0 Å². The molecular formula is C16H21NO3. The SMILES string of the molecule is O=C(O)CCC1CCCCN1C(=O)Cc1ccccc1. The van der Waals surface area contributed by atoms with E-state index in [0.29, 0.717) is 12.8 Å². The first-order valence-electron chi connectivity index (χ1n) is 7.22. The Bertz CT molecular complexity index is 458. The van der Waals surface area contributed by atoms with Crippen molar-refractivity contribution in [1.82, 2.24) is 4.90 Å². The quantitative estimate of drug-likeness (QED) is 0.898. The second kappa shape index (κ2) is 7.08. The number of benzene rings is 1. The van der Waals surface area contributed by atoms with Crippen LogP contribution in [0.2, 0.25) is 0 Å². The van der Waals surface area contributed by atoms with Crippen molar-refractivity contribution in [3.05, 3.63) is 35.9 Å². The average Bonchev–Trinajstić information content (AvgIpc) is 2.46. The summed E-state index contributed by atoms with van der Waals surface area (Å²) in [6, 6.07) is 9.80. The van der Waals surface area contributed by atoms with Crippen LogP contribution < -0.4 is 0 Å². The van der Waals surface area contributed by atoms with Crippen molar-refractivity contribution in [2.75, 3.05) is 6.54 Å². The molecule has 1 aliphatic rings. The molecule has 1 N–H and O–H groups in total. The summed E-state index contributed by atoms with van der Waals surface area (Å²) in [5, 5.41) is 8.80. The zero-order chi connectivity index (χ0) is 14.4. The van der Waals surface area contributed by atoms with Gasteiger partial charge >= 0.3 is 5.97 Å². The van der Waals surface area contributed by atoms with E-state index in [1.165, 1.54) is 0 Å².